The summed E-state index contributed by atoms with van der Waals surface area (Å²) in [6, 6.07) is 14.4. The van der Waals surface area contributed by atoms with Crippen LogP contribution in [0.4, 0.5) is 5.69 Å². The lowest BCUT2D eigenvalue weighted by molar-refractivity contribution is -0.111. The van der Waals surface area contributed by atoms with Crippen LogP contribution in [0.15, 0.2) is 59.4 Å². The highest BCUT2D eigenvalue weighted by Crippen LogP contribution is 2.29. The van der Waals surface area contributed by atoms with Gasteiger partial charge in [0.1, 0.15) is 0 Å². The normalized spacial score (nSPS) is 11.9. The van der Waals surface area contributed by atoms with Gasteiger partial charge in [0.15, 0.2) is 0 Å². The van der Waals surface area contributed by atoms with Crippen LogP contribution in [-0.4, -0.2) is 10.9 Å². The van der Waals surface area contributed by atoms with Gasteiger partial charge in [-0.05, 0) is 40.8 Å². The molecule has 2 aromatic carbocycles. The number of carbonyl (C=O) groups excluding carboxylic acids is 1. The minimum absolute atomic E-state index is 0.158. The monoisotopic (exact) mass is 380 g/mol. The Morgan fingerprint density at radius 1 is 1.11 bits per heavy atom. The molecule has 0 bridgehead atoms. The predicted molar refractivity (Wildman–Crippen MR) is 112 cm³/mol. The van der Waals surface area contributed by atoms with Crippen molar-refractivity contribution in [3.8, 4) is 0 Å². The lowest BCUT2D eigenvalue weighted by Crippen LogP contribution is -2.17. The van der Waals surface area contributed by atoms with E-state index in [4.69, 9.17) is 11.6 Å². The molecule has 0 aliphatic heterocycles. The highest BCUT2D eigenvalue weighted by molar-refractivity contribution is 6.32. The molecule has 1 amide bonds. The number of H-pyrrole nitrogens is 1. The molecule has 5 heteroatoms. The first-order valence-electron chi connectivity index (χ1n) is 8.65. The van der Waals surface area contributed by atoms with Crippen LogP contribution in [0, 0.1) is 0 Å². The van der Waals surface area contributed by atoms with Crippen molar-refractivity contribution in [2.24, 2.45) is 0 Å². The molecule has 4 nitrogen and oxygen atoms in total. The summed E-state index contributed by atoms with van der Waals surface area (Å²) in [5, 5.41) is 4.36. The van der Waals surface area contributed by atoms with E-state index in [1.54, 1.807) is 24.3 Å². The molecule has 0 saturated carbocycles. The third-order valence-electron chi connectivity index (χ3n) is 4.24. The van der Waals surface area contributed by atoms with Gasteiger partial charge in [-0.2, -0.15) is 0 Å². The van der Waals surface area contributed by atoms with Crippen molar-refractivity contribution in [2.45, 2.75) is 26.2 Å². The number of rotatable bonds is 3. The third-order valence-corrected chi connectivity index (χ3v) is 4.58. The molecule has 0 atom stereocenters. The van der Waals surface area contributed by atoms with Crippen LogP contribution in [-0.2, 0) is 10.2 Å². The molecule has 1 aromatic heterocycles. The molecule has 0 aliphatic rings. The average molecular weight is 381 g/mol. The molecular weight excluding hydrogens is 360 g/mol. The number of anilines is 1. The molecule has 3 rings (SSSR count). The van der Waals surface area contributed by atoms with Gasteiger partial charge in [-0.25, -0.2) is 0 Å². The van der Waals surface area contributed by atoms with Crippen molar-refractivity contribution in [1.29, 1.82) is 0 Å². The largest absolute Gasteiger partial charge is 0.322 e. The van der Waals surface area contributed by atoms with Gasteiger partial charge in [0.2, 0.25) is 11.5 Å². The number of benzene rings is 2. The lowest BCUT2D eigenvalue weighted by atomic mass is 9.85. The van der Waals surface area contributed by atoms with Gasteiger partial charge in [-0.3, -0.25) is 9.59 Å². The highest BCUT2D eigenvalue weighted by atomic mass is 35.5. The number of aromatic nitrogens is 1. The molecule has 27 heavy (non-hydrogen) atoms. The zero-order chi connectivity index (χ0) is 19.6. The summed E-state index contributed by atoms with van der Waals surface area (Å²) in [4.78, 5) is 27.1. The van der Waals surface area contributed by atoms with E-state index in [0.29, 0.717) is 16.2 Å². The van der Waals surface area contributed by atoms with Gasteiger partial charge in [0.25, 0.3) is 0 Å². The topological polar surface area (TPSA) is 62.0 Å². The Hall–Kier alpha value is -2.85. The minimum Gasteiger partial charge on any atom is -0.322 e. The Bertz CT molecular complexity index is 1090. The van der Waals surface area contributed by atoms with Crippen molar-refractivity contribution in [3.05, 3.63) is 81.1 Å². The summed E-state index contributed by atoms with van der Waals surface area (Å²) in [5.41, 5.74) is 2.73. The Morgan fingerprint density at radius 2 is 1.85 bits per heavy atom. The third kappa shape index (κ3) is 4.47. The van der Waals surface area contributed by atoms with Crippen molar-refractivity contribution < 1.29 is 4.79 Å². The van der Waals surface area contributed by atoms with Crippen molar-refractivity contribution in [3.63, 3.8) is 0 Å². The molecule has 1 heterocycles. The number of amides is 1. The number of carbonyl (C=O) groups is 1. The summed E-state index contributed by atoms with van der Waals surface area (Å²) in [6.07, 6.45) is 3.10. The van der Waals surface area contributed by atoms with Crippen LogP contribution in [0.5, 0.6) is 0 Å². The number of hydrogen-bond donors (Lipinski definition) is 2. The summed E-state index contributed by atoms with van der Waals surface area (Å²) in [7, 11) is 0. The Kier molecular flexibility index (Phi) is 5.19. The molecule has 0 aliphatic carbocycles. The molecule has 0 saturated heterocycles. The standard InChI is InChI=1S/C22H21ClN2O2/c1-22(2,3)17-13-21(27)25-19-12-15(9-10-16(17)19)24-20(26)11-8-14-6-4-5-7-18(14)23/h4-13H,1-3H3,(H,24,26)(H,25,27)/b11-8+. The van der Waals surface area contributed by atoms with E-state index < -0.39 is 0 Å². The first-order chi connectivity index (χ1) is 12.7. The molecule has 138 valence electrons. The maximum atomic E-state index is 12.2. The molecule has 3 aromatic rings. The summed E-state index contributed by atoms with van der Waals surface area (Å²) >= 11 is 6.08. The van der Waals surface area contributed by atoms with Gasteiger partial charge in [-0.15, -0.1) is 0 Å². The smallest absolute Gasteiger partial charge is 0.248 e. The fourth-order valence-electron chi connectivity index (χ4n) is 2.92. The second-order valence-electron chi connectivity index (χ2n) is 7.40. The first-order valence-corrected chi connectivity index (χ1v) is 9.03. The number of aromatic amines is 1. The van der Waals surface area contributed by atoms with Gasteiger partial charge in [0.05, 0.1) is 5.52 Å². The molecule has 0 fully saturated rings. The van der Waals surface area contributed by atoms with E-state index >= 15 is 0 Å². The average Bonchev–Trinajstić information content (AvgIpc) is 2.59. The van der Waals surface area contributed by atoms with Crippen LogP contribution >= 0.6 is 11.6 Å². The maximum Gasteiger partial charge on any atom is 0.248 e. The molecule has 2 N–H and O–H groups in total. The van der Waals surface area contributed by atoms with Gasteiger partial charge in [-0.1, -0.05) is 56.6 Å². The molecule has 0 spiro atoms. The van der Waals surface area contributed by atoms with E-state index in [0.717, 1.165) is 16.5 Å². The Labute approximate surface area is 162 Å². The fraction of sp³-hybridized carbons (Fsp3) is 0.182. The Balaban J connectivity index is 1.87. The van der Waals surface area contributed by atoms with Crippen LogP contribution in [0.3, 0.4) is 0 Å². The second kappa shape index (κ2) is 7.41. The van der Waals surface area contributed by atoms with Gasteiger partial charge >= 0.3 is 0 Å². The summed E-state index contributed by atoms with van der Waals surface area (Å²) in [6.45, 7) is 6.20. The number of pyridine rings is 1. The fourth-order valence-corrected chi connectivity index (χ4v) is 3.12. The van der Waals surface area contributed by atoms with Gasteiger partial charge < -0.3 is 10.3 Å². The van der Waals surface area contributed by atoms with Crippen LogP contribution in [0.1, 0.15) is 31.9 Å². The van der Waals surface area contributed by atoms with Gasteiger partial charge in [0, 0.05) is 28.2 Å². The summed E-state index contributed by atoms with van der Waals surface area (Å²) in [5.74, 6) is -0.274. The molecule has 0 unspecified atom stereocenters. The molecule has 0 radical (unpaired) electrons. The predicted octanol–water partition coefficient (Wildman–Crippen LogP) is 5.13. The lowest BCUT2D eigenvalue weighted by Gasteiger charge is -2.21. The van der Waals surface area contributed by atoms with E-state index in [9.17, 15) is 9.59 Å². The Morgan fingerprint density at radius 3 is 2.56 bits per heavy atom. The van der Waals surface area contributed by atoms with E-state index in [-0.39, 0.29) is 16.9 Å². The van der Waals surface area contributed by atoms with Crippen LogP contribution in [0.2, 0.25) is 5.02 Å². The van der Waals surface area contributed by atoms with Crippen molar-refractivity contribution in [2.75, 3.05) is 5.32 Å². The summed E-state index contributed by atoms with van der Waals surface area (Å²) < 4.78 is 0. The number of hydrogen-bond acceptors (Lipinski definition) is 2. The zero-order valence-corrected chi connectivity index (χ0v) is 16.2. The minimum atomic E-state index is -0.274. The maximum absolute atomic E-state index is 12.2. The van der Waals surface area contributed by atoms with E-state index in [1.165, 1.54) is 6.08 Å². The van der Waals surface area contributed by atoms with Crippen molar-refractivity contribution >= 4 is 40.2 Å². The van der Waals surface area contributed by atoms with Crippen LogP contribution < -0.4 is 10.9 Å². The number of halogens is 1. The molecular formula is C22H21ClN2O2. The zero-order valence-electron chi connectivity index (χ0n) is 15.5. The van der Waals surface area contributed by atoms with E-state index in [2.05, 4.69) is 31.1 Å². The number of nitrogens with one attached hydrogen (secondary N) is 2. The van der Waals surface area contributed by atoms with E-state index in [1.807, 2.05) is 30.3 Å². The van der Waals surface area contributed by atoms with Crippen LogP contribution in [0.25, 0.3) is 17.0 Å². The quantitative estimate of drug-likeness (QED) is 0.618. The SMILES string of the molecule is CC(C)(C)c1cc(=O)[nH]c2cc(NC(=O)/C=C/c3ccccc3Cl)ccc12. The highest BCUT2D eigenvalue weighted by Gasteiger charge is 2.18. The number of fused-ring (bicyclic) bond motifs is 1. The first kappa shape index (κ1) is 18.9. The van der Waals surface area contributed by atoms with Crippen molar-refractivity contribution in [1.82, 2.24) is 4.98 Å². The second-order valence-corrected chi connectivity index (χ2v) is 7.81.